The molecule has 3 aliphatic heterocycles. The van der Waals surface area contributed by atoms with Gasteiger partial charge < -0.3 is 30.3 Å². The normalized spacial score (nSPS) is 31.5. The van der Waals surface area contributed by atoms with E-state index in [9.17, 15) is 8.78 Å². The van der Waals surface area contributed by atoms with Crippen LogP contribution in [0.15, 0.2) is 40.1 Å². The molecule has 3 heterocycles. The standard InChI is InChI=1S/C25H34F2N6O2/c1-3-35-18-9-7-16(8-10-18)29-23-28-15-21-25(2,32-23)33(17-11-13-34-14-12-17)24(30-21)31-22-19(26)5-4-6-20(22)27/h4-6,15-18H,3,7-14H2,1-2H3,(H,30,31)(H2,28,29,32). The van der Waals surface area contributed by atoms with Gasteiger partial charge in [0.15, 0.2) is 23.3 Å². The van der Waals surface area contributed by atoms with E-state index in [1.54, 1.807) is 0 Å². The van der Waals surface area contributed by atoms with Gasteiger partial charge in [-0.1, -0.05) is 6.07 Å². The van der Waals surface area contributed by atoms with Crippen LogP contribution in [0.4, 0.5) is 14.5 Å². The van der Waals surface area contributed by atoms with E-state index in [4.69, 9.17) is 14.5 Å². The Hall–Kier alpha value is -2.72. The summed E-state index contributed by atoms with van der Waals surface area (Å²) in [7, 11) is 0. The zero-order valence-corrected chi connectivity index (χ0v) is 20.3. The predicted molar refractivity (Wildman–Crippen MR) is 130 cm³/mol. The van der Waals surface area contributed by atoms with Gasteiger partial charge in [-0.3, -0.25) is 0 Å². The third kappa shape index (κ3) is 4.86. The van der Waals surface area contributed by atoms with Crippen LogP contribution < -0.4 is 16.0 Å². The number of para-hydroxylation sites is 1. The minimum Gasteiger partial charge on any atom is -0.381 e. The molecule has 1 unspecified atom stereocenters. The summed E-state index contributed by atoms with van der Waals surface area (Å²) in [6.45, 7) is 6.07. The molecule has 10 heteroatoms. The lowest BCUT2D eigenvalue weighted by atomic mass is 9.93. The molecule has 1 atom stereocenters. The van der Waals surface area contributed by atoms with Gasteiger partial charge in [0.1, 0.15) is 5.69 Å². The van der Waals surface area contributed by atoms with E-state index in [1.165, 1.54) is 18.2 Å². The second-order valence-electron chi connectivity index (χ2n) is 9.61. The SMILES string of the molecule is CCOC1CCC(N=C2NC=C3NC(=Nc4c(F)cccc4F)N(C4CCOCC4)C3(C)N2)CC1. The molecule has 1 aromatic rings. The van der Waals surface area contributed by atoms with Crippen molar-refractivity contribution in [3.8, 4) is 0 Å². The molecule has 1 saturated carbocycles. The van der Waals surface area contributed by atoms with Crippen LogP contribution in [0.1, 0.15) is 52.4 Å². The summed E-state index contributed by atoms with van der Waals surface area (Å²) in [5.41, 5.74) is -0.184. The average molecular weight is 489 g/mol. The summed E-state index contributed by atoms with van der Waals surface area (Å²) < 4.78 is 40.3. The fourth-order valence-electron chi connectivity index (χ4n) is 5.45. The zero-order valence-electron chi connectivity index (χ0n) is 20.3. The molecule has 0 aromatic heterocycles. The van der Waals surface area contributed by atoms with Gasteiger partial charge in [-0.2, -0.15) is 0 Å². The van der Waals surface area contributed by atoms with Gasteiger partial charge in [0.25, 0.3) is 0 Å². The Labute approximate surface area is 204 Å². The van der Waals surface area contributed by atoms with Gasteiger partial charge in [0, 0.05) is 32.1 Å². The average Bonchev–Trinajstić information content (AvgIpc) is 3.14. The van der Waals surface area contributed by atoms with Crippen molar-refractivity contribution >= 4 is 17.6 Å². The first-order chi connectivity index (χ1) is 17.0. The van der Waals surface area contributed by atoms with Crippen LogP contribution in [0.5, 0.6) is 0 Å². The highest BCUT2D eigenvalue weighted by molar-refractivity contribution is 5.93. The molecule has 1 aromatic carbocycles. The van der Waals surface area contributed by atoms with E-state index in [0.717, 1.165) is 50.8 Å². The Kier molecular flexibility index (Phi) is 6.93. The Morgan fingerprint density at radius 2 is 1.83 bits per heavy atom. The maximum absolute atomic E-state index is 14.5. The van der Waals surface area contributed by atoms with Crippen LogP contribution in [-0.4, -0.2) is 60.5 Å². The molecule has 35 heavy (non-hydrogen) atoms. The summed E-state index contributed by atoms with van der Waals surface area (Å²) in [6, 6.07) is 4.07. The fraction of sp³-hybridized carbons (Fsp3) is 0.600. The number of nitrogens with zero attached hydrogens (tertiary/aromatic N) is 3. The topological polar surface area (TPSA) is 82.5 Å². The van der Waals surface area contributed by atoms with Crippen molar-refractivity contribution in [3.05, 3.63) is 41.7 Å². The number of hydrogen-bond acceptors (Lipinski definition) is 4. The molecule has 5 rings (SSSR count). The van der Waals surface area contributed by atoms with E-state index >= 15 is 0 Å². The lowest BCUT2D eigenvalue weighted by Gasteiger charge is -2.44. The molecule has 8 nitrogen and oxygen atoms in total. The Morgan fingerprint density at radius 3 is 2.51 bits per heavy atom. The molecule has 1 aliphatic carbocycles. The number of benzene rings is 1. The summed E-state index contributed by atoms with van der Waals surface area (Å²) >= 11 is 0. The number of aliphatic imine (C=N–C) groups is 2. The van der Waals surface area contributed by atoms with Gasteiger partial charge in [-0.15, -0.1) is 0 Å². The Bertz CT molecular complexity index is 997. The van der Waals surface area contributed by atoms with Crippen LogP contribution in [0.3, 0.4) is 0 Å². The third-order valence-corrected chi connectivity index (χ3v) is 7.26. The number of nitrogens with one attached hydrogen (secondary N) is 3. The van der Waals surface area contributed by atoms with Crippen LogP contribution in [-0.2, 0) is 9.47 Å². The second kappa shape index (κ2) is 10.1. The van der Waals surface area contributed by atoms with Crippen LogP contribution in [0, 0.1) is 11.6 Å². The minimum absolute atomic E-state index is 0.0780. The number of ether oxygens (including phenoxy) is 2. The summed E-state index contributed by atoms with van der Waals surface area (Å²) in [5.74, 6) is -0.303. The summed E-state index contributed by atoms with van der Waals surface area (Å²) in [4.78, 5) is 11.5. The fourth-order valence-corrected chi connectivity index (χ4v) is 5.45. The number of hydrogen-bond donors (Lipinski definition) is 3. The quantitative estimate of drug-likeness (QED) is 0.589. The Balaban J connectivity index is 1.42. The van der Waals surface area contributed by atoms with Gasteiger partial charge in [0.05, 0.1) is 17.8 Å². The van der Waals surface area contributed by atoms with Crippen molar-refractivity contribution in [2.75, 3.05) is 19.8 Å². The van der Waals surface area contributed by atoms with Gasteiger partial charge in [-0.05, 0) is 64.5 Å². The predicted octanol–water partition coefficient (Wildman–Crippen LogP) is 3.49. The lowest BCUT2D eigenvalue weighted by Crippen LogP contribution is -2.64. The second-order valence-corrected chi connectivity index (χ2v) is 9.61. The van der Waals surface area contributed by atoms with E-state index < -0.39 is 17.3 Å². The van der Waals surface area contributed by atoms with Crippen molar-refractivity contribution in [2.24, 2.45) is 9.98 Å². The third-order valence-electron chi connectivity index (χ3n) is 7.26. The highest BCUT2D eigenvalue weighted by atomic mass is 19.1. The molecule has 3 fully saturated rings. The molecule has 3 N–H and O–H groups in total. The summed E-state index contributed by atoms with van der Waals surface area (Å²) in [6.07, 6.45) is 7.74. The number of fused-ring (bicyclic) bond motifs is 1. The first-order valence-corrected chi connectivity index (χ1v) is 12.6. The van der Waals surface area contributed by atoms with E-state index in [1.807, 2.05) is 20.0 Å². The molecule has 0 radical (unpaired) electrons. The highest BCUT2D eigenvalue weighted by Gasteiger charge is 2.50. The van der Waals surface area contributed by atoms with Crippen molar-refractivity contribution in [3.63, 3.8) is 0 Å². The molecule has 0 amide bonds. The van der Waals surface area contributed by atoms with E-state index in [2.05, 4.69) is 25.8 Å². The van der Waals surface area contributed by atoms with Crippen molar-refractivity contribution in [1.82, 2.24) is 20.9 Å². The Morgan fingerprint density at radius 1 is 1.11 bits per heavy atom. The molecule has 0 spiro atoms. The van der Waals surface area contributed by atoms with Crippen LogP contribution >= 0.6 is 0 Å². The number of guanidine groups is 2. The minimum atomic E-state index is -0.699. The van der Waals surface area contributed by atoms with Crippen LogP contribution in [0.2, 0.25) is 0 Å². The van der Waals surface area contributed by atoms with Crippen molar-refractivity contribution in [1.29, 1.82) is 0 Å². The van der Waals surface area contributed by atoms with Crippen LogP contribution in [0.25, 0.3) is 0 Å². The van der Waals surface area contributed by atoms with E-state index in [0.29, 0.717) is 31.2 Å². The van der Waals surface area contributed by atoms with Crippen molar-refractivity contribution < 1.29 is 18.3 Å². The number of rotatable bonds is 5. The van der Waals surface area contributed by atoms with Gasteiger partial charge in [-0.25, -0.2) is 18.8 Å². The van der Waals surface area contributed by atoms with E-state index in [-0.39, 0.29) is 17.8 Å². The highest BCUT2D eigenvalue weighted by Crippen LogP contribution is 2.35. The number of halogens is 2. The molecular formula is C25H34F2N6O2. The first kappa shape index (κ1) is 24.0. The molecular weight excluding hydrogens is 454 g/mol. The first-order valence-electron chi connectivity index (χ1n) is 12.6. The maximum atomic E-state index is 14.5. The maximum Gasteiger partial charge on any atom is 0.206 e. The largest absolute Gasteiger partial charge is 0.381 e. The summed E-state index contributed by atoms with van der Waals surface area (Å²) in [5, 5.41) is 10.1. The van der Waals surface area contributed by atoms with Gasteiger partial charge >= 0.3 is 0 Å². The molecule has 190 valence electrons. The molecule has 0 bridgehead atoms. The molecule has 4 aliphatic rings. The zero-order chi connectivity index (χ0) is 24.4. The smallest absolute Gasteiger partial charge is 0.206 e. The molecule has 2 saturated heterocycles. The monoisotopic (exact) mass is 488 g/mol. The lowest BCUT2D eigenvalue weighted by molar-refractivity contribution is 0.0321. The van der Waals surface area contributed by atoms with Gasteiger partial charge in [0.2, 0.25) is 5.96 Å². The van der Waals surface area contributed by atoms with Crippen molar-refractivity contribution in [2.45, 2.75) is 76.2 Å².